The van der Waals surface area contributed by atoms with Crippen LogP contribution in [0, 0.1) is 10.1 Å². The number of aromatic carboxylic acids is 1. The Balaban J connectivity index is 2.22. The highest BCUT2D eigenvalue weighted by molar-refractivity contribution is 6.06. The van der Waals surface area contributed by atoms with E-state index in [-0.39, 0.29) is 29.0 Å². The van der Waals surface area contributed by atoms with Crippen LogP contribution in [0.3, 0.4) is 0 Å². The molecule has 0 fully saturated rings. The van der Waals surface area contributed by atoms with E-state index in [2.05, 4.69) is 0 Å². The second-order valence-corrected chi connectivity index (χ2v) is 4.70. The van der Waals surface area contributed by atoms with Gasteiger partial charge in [-0.25, -0.2) is 4.79 Å². The predicted octanol–water partition coefficient (Wildman–Crippen LogP) is 3.11. The summed E-state index contributed by atoms with van der Waals surface area (Å²) in [5.74, 6) is -1.71. The van der Waals surface area contributed by atoms with E-state index in [1.807, 2.05) is 30.3 Å². The number of benzene rings is 2. The summed E-state index contributed by atoms with van der Waals surface area (Å²) in [5, 5.41) is 19.8. The Bertz CT molecular complexity index is 725. The maximum Gasteiger partial charge on any atom is 0.336 e. The van der Waals surface area contributed by atoms with Crippen LogP contribution in [0.4, 0.5) is 5.69 Å². The van der Waals surface area contributed by atoms with Gasteiger partial charge in [-0.05, 0) is 18.1 Å². The fraction of sp³-hybridized carbons (Fsp3) is 0.125. The zero-order valence-electron chi connectivity index (χ0n) is 11.6. The molecule has 0 spiro atoms. The fourth-order valence-electron chi connectivity index (χ4n) is 2.10. The second-order valence-electron chi connectivity index (χ2n) is 4.70. The summed E-state index contributed by atoms with van der Waals surface area (Å²) in [6.45, 7) is 0. The average molecular weight is 299 g/mol. The molecule has 0 saturated heterocycles. The van der Waals surface area contributed by atoms with Crippen molar-refractivity contribution in [2.45, 2.75) is 12.8 Å². The van der Waals surface area contributed by atoms with Crippen LogP contribution in [0.15, 0.2) is 48.5 Å². The molecule has 0 aliphatic heterocycles. The Morgan fingerprint density at radius 2 is 1.73 bits per heavy atom. The molecule has 0 amide bonds. The third kappa shape index (κ3) is 3.54. The van der Waals surface area contributed by atoms with Crippen molar-refractivity contribution in [3.05, 3.63) is 75.3 Å². The first-order valence-corrected chi connectivity index (χ1v) is 6.58. The first kappa shape index (κ1) is 15.4. The Hall–Kier alpha value is -3.02. The normalized spacial score (nSPS) is 10.2. The molecule has 0 aromatic heterocycles. The zero-order valence-corrected chi connectivity index (χ0v) is 11.6. The maximum atomic E-state index is 12.2. The van der Waals surface area contributed by atoms with Gasteiger partial charge in [-0.3, -0.25) is 14.9 Å². The minimum atomic E-state index is -1.35. The summed E-state index contributed by atoms with van der Waals surface area (Å²) >= 11 is 0. The third-order valence-corrected chi connectivity index (χ3v) is 3.23. The Morgan fingerprint density at radius 1 is 1.05 bits per heavy atom. The summed E-state index contributed by atoms with van der Waals surface area (Å²) in [6.07, 6.45) is 0.623. The molecule has 0 aliphatic rings. The standard InChI is InChI=1S/C16H13NO5/c18-15(9-6-11-4-2-1-3-5-11)13-8-7-12(17(21)22)10-14(13)16(19)20/h1-5,7-8,10H,6,9H2,(H,19,20). The van der Waals surface area contributed by atoms with Gasteiger partial charge in [0, 0.05) is 24.1 Å². The van der Waals surface area contributed by atoms with Crippen LogP contribution >= 0.6 is 0 Å². The number of hydrogen-bond donors (Lipinski definition) is 1. The molecule has 2 aromatic carbocycles. The molecule has 0 atom stereocenters. The third-order valence-electron chi connectivity index (χ3n) is 3.23. The van der Waals surface area contributed by atoms with Crippen molar-refractivity contribution in [1.82, 2.24) is 0 Å². The largest absolute Gasteiger partial charge is 0.478 e. The zero-order chi connectivity index (χ0) is 16.1. The van der Waals surface area contributed by atoms with Crippen LogP contribution in [0.5, 0.6) is 0 Å². The van der Waals surface area contributed by atoms with Crippen molar-refractivity contribution in [2.24, 2.45) is 0 Å². The summed E-state index contributed by atoms with van der Waals surface area (Å²) in [7, 11) is 0. The number of ketones is 1. The van der Waals surface area contributed by atoms with Crippen LogP contribution in [0.2, 0.25) is 0 Å². The van der Waals surface area contributed by atoms with Crippen LogP contribution in [0.25, 0.3) is 0 Å². The van der Waals surface area contributed by atoms with Crippen LogP contribution in [0.1, 0.15) is 32.7 Å². The Labute approximate surface area is 126 Å². The summed E-state index contributed by atoms with van der Waals surface area (Å²) in [6, 6.07) is 12.6. The molecule has 0 aliphatic carbocycles. The van der Waals surface area contributed by atoms with Crippen molar-refractivity contribution >= 4 is 17.4 Å². The maximum absolute atomic E-state index is 12.2. The molecule has 22 heavy (non-hydrogen) atoms. The van der Waals surface area contributed by atoms with E-state index >= 15 is 0 Å². The number of carbonyl (C=O) groups is 2. The minimum absolute atomic E-state index is 0.00553. The van der Waals surface area contributed by atoms with Crippen molar-refractivity contribution < 1.29 is 19.6 Å². The molecule has 6 nitrogen and oxygen atoms in total. The van der Waals surface area contributed by atoms with Gasteiger partial charge in [0.15, 0.2) is 5.78 Å². The van der Waals surface area contributed by atoms with Gasteiger partial charge in [0.1, 0.15) is 0 Å². The molecule has 0 unspecified atom stereocenters. The SMILES string of the molecule is O=C(O)c1cc([N+](=O)[O-])ccc1C(=O)CCc1ccccc1. The second kappa shape index (κ2) is 6.62. The van der Waals surface area contributed by atoms with Crippen LogP contribution in [-0.4, -0.2) is 21.8 Å². The average Bonchev–Trinajstić information content (AvgIpc) is 2.52. The number of nitro groups is 1. The highest BCUT2D eigenvalue weighted by Gasteiger charge is 2.20. The van der Waals surface area contributed by atoms with E-state index in [0.29, 0.717) is 6.42 Å². The van der Waals surface area contributed by atoms with Crippen molar-refractivity contribution in [1.29, 1.82) is 0 Å². The molecule has 2 rings (SSSR count). The lowest BCUT2D eigenvalue weighted by Gasteiger charge is -2.05. The molecule has 0 radical (unpaired) electrons. The van der Waals surface area contributed by atoms with Crippen LogP contribution in [-0.2, 0) is 6.42 Å². The summed E-state index contributed by atoms with van der Waals surface area (Å²) in [4.78, 5) is 33.4. The first-order chi connectivity index (χ1) is 10.5. The number of carbonyl (C=O) groups excluding carboxylic acids is 1. The number of carboxylic acid groups (broad SMARTS) is 1. The fourth-order valence-corrected chi connectivity index (χ4v) is 2.10. The Kier molecular flexibility index (Phi) is 4.63. The molecule has 1 N–H and O–H groups in total. The first-order valence-electron chi connectivity index (χ1n) is 6.58. The molecular weight excluding hydrogens is 286 g/mol. The molecule has 0 saturated carbocycles. The van der Waals surface area contributed by atoms with E-state index in [0.717, 1.165) is 17.7 Å². The molecule has 2 aromatic rings. The number of hydrogen-bond acceptors (Lipinski definition) is 4. The quantitative estimate of drug-likeness (QED) is 0.502. The summed E-state index contributed by atoms with van der Waals surface area (Å²) in [5.41, 5.74) is 0.271. The molecule has 0 bridgehead atoms. The predicted molar refractivity (Wildman–Crippen MR) is 79.1 cm³/mol. The number of Topliss-reactive ketones (excluding diaryl/α,β-unsaturated/α-hetero) is 1. The van der Waals surface area contributed by atoms with Gasteiger partial charge in [0.2, 0.25) is 0 Å². The van der Waals surface area contributed by atoms with Gasteiger partial charge in [-0.1, -0.05) is 30.3 Å². The number of aryl methyl sites for hydroxylation is 1. The monoisotopic (exact) mass is 299 g/mol. The highest BCUT2D eigenvalue weighted by Crippen LogP contribution is 2.20. The van der Waals surface area contributed by atoms with E-state index in [9.17, 15) is 19.7 Å². The van der Waals surface area contributed by atoms with Gasteiger partial charge >= 0.3 is 5.97 Å². The molecule has 0 heterocycles. The van der Waals surface area contributed by atoms with E-state index in [1.54, 1.807) is 0 Å². The number of non-ortho nitro benzene ring substituents is 1. The number of nitro benzene ring substituents is 1. The smallest absolute Gasteiger partial charge is 0.336 e. The highest BCUT2D eigenvalue weighted by atomic mass is 16.6. The number of nitrogens with zero attached hydrogens (tertiary/aromatic N) is 1. The molecular formula is C16H13NO5. The van der Waals surface area contributed by atoms with Gasteiger partial charge in [-0.15, -0.1) is 0 Å². The lowest BCUT2D eigenvalue weighted by atomic mass is 9.98. The molecule has 112 valence electrons. The summed E-state index contributed by atoms with van der Waals surface area (Å²) < 4.78 is 0. The van der Waals surface area contributed by atoms with Crippen molar-refractivity contribution in [3.63, 3.8) is 0 Å². The van der Waals surface area contributed by atoms with Gasteiger partial charge < -0.3 is 5.11 Å². The van der Waals surface area contributed by atoms with Crippen molar-refractivity contribution in [3.8, 4) is 0 Å². The Morgan fingerprint density at radius 3 is 2.32 bits per heavy atom. The van der Waals surface area contributed by atoms with E-state index < -0.39 is 10.9 Å². The lowest BCUT2D eigenvalue weighted by Crippen LogP contribution is -2.10. The van der Waals surface area contributed by atoms with Gasteiger partial charge in [0.25, 0.3) is 5.69 Å². The van der Waals surface area contributed by atoms with Crippen molar-refractivity contribution in [2.75, 3.05) is 0 Å². The van der Waals surface area contributed by atoms with Gasteiger partial charge in [0.05, 0.1) is 10.5 Å². The number of rotatable bonds is 6. The lowest BCUT2D eigenvalue weighted by molar-refractivity contribution is -0.384. The topological polar surface area (TPSA) is 97.5 Å². The van der Waals surface area contributed by atoms with E-state index in [4.69, 9.17) is 5.11 Å². The van der Waals surface area contributed by atoms with Gasteiger partial charge in [-0.2, -0.15) is 0 Å². The number of carboxylic acids is 1. The molecule has 6 heteroatoms. The minimum Gasteiger partial charge on any atom is -0.478 e. The van der Waals surface area contributed by atoms with Crippen LogP contribution < -0.4 is 0 Å². The van der Waals surface area contributed by atoms with E-state index in [1.165, 1.54) is 6.07 Å².